The van der Waals surface area contributed by atoms with Crippen LogP contribution in [0, 0.1) is 0 Å². The van der Waals surface area contributed by atoms with E-state index >= 15 is 0 Å². The summed E-state index contributed by atoms with van der Waals surface area (Å²) in [4.78, 5) is 16.9. The van der Waals surface area contributed by atoms with E-state index in [2.05, 4.69) is 11.0 Å². The highest BCUT2D eigenvalue weighted by Gasteiger charge is 2.29. The van der Waals surface area contributed by atoms with Crippen LogP contribution in [0.3, 0.4) is 0 Å². The first-order valence-electron chi connectivity index (χ1n) is 8.32. The van der Waals surface area contributed by atoms with Crippen molar-refractivity contribution in [3.05, 3.63) is 59.7 Å². The maximum absolute atomic E-state index is 12.9. The molecule has 0 aliphatic carbocycles. The van der Waals surface area contributed by atoms with Gasteiger partial charge < -0.3 is 9.64 Å². The number of fused-ring (bicyclic) bond motifs is 1. The molecule has 0 radical (unpaired) electrons. The fourth-order valence-electron chi connectivity index (χ4n) is 3.14. The zero-order valence-electron chi connectivity index (χ0n) is 14.5. The number of ether oxygens (including phenoxy) is 1. The number of hydrogen-bond acceptors (Lipinski definition) is 3. The Balaban J connectivity index is 1.67. The third-order valence-electron chi connectivity index (χ3n) is 4.76. The van der Waals surface area contributed by atoms with Gasteiger partial charge in [0.25, 0.3) is 0 Å². The topological polar surface area (TPSA) is 32.8 Å². The first-order chi connectivity index (χ1) is 11.6. The number of para-hydroxylation sites is 1. The molecule has 0 fully saturated rings. The average Bonchev–Trinajstić information content (AvgIpc) is 3.05. The van der Waals surface area contributed by atoms with E-state index in [-0.39, 0.29) is 11.9 Å². The number of methoxy groups -OCH3 is 1. The van der Waals surface area contributed by atoms with Crippen molar-refractivity contribution in [2.45, 2.75) is 25.9 Å². The van der Waals surface area contributed by atoms with Gasteiger partial charge in [-0.2, -0.15) is 0 Å². The lowest BCUT2D eigenvalue weighted by atomic mass is 10.1. The second kappa shape index (κ2) is 7.05. The molecule has 0 aromatic heterocycles. The number of likely N-dealkylation sites (N-methyl/N-ethyl adjacent to an activating group) is 1. The van der Waals surface area contributed by atoms with Crippen LogP contribution in [0.2, 0.25) is 0 Å². The molecule has 126 valence electrons. The maximum Gasteiger partial charge on any atom is 0.244 e. The number of anilines is 1. The van der Waals surface area contributed by atoms with Crippen molar-refractivity contribution in [2.75, 3.05) is 25.6 Å². The first kappa shape index (κ1) is 16.5. The van der Waals surface area contributed by atoms with E-state index in [9.17, 15) is 4.79 Å². The molecule has 4 nitrogen and oxygen atoms in total. The van der Waals surface area contributed by atoms with Crippen LogP contribution >= 0.6 is 0 Å². The molecule has 0 spiro atoms. The van der Waals surface area contributed by atoms with Gasteiger partial charge in [0.1, 0.15) is 5.75 Å². The smallest absolute Gasteiger partial charge is 0.244 e. The summed E-state index contributed by atoms with van der Waals surface area (Å²) >= 11 is 0. The number of rotatable bonds is 5. The Morgan fingerprint density at radius 2 is 1.92 bits per heavy atom. The Morgan fingerprint density at radius 1 is 1.21 bits per heavy atom. The van der Waals surface area contributed by atoms with Gasteiger partial charge in [-0.15, -0.1) is 0 Å². The van der Waals surface area contributed by atoms with E-state index in [1.54, 1.807) is 7.11 Å². The highest BCUT2D eigenvalue weighted by molar-refractivity contribution is 5.98. The minimum atomic E-state index is -0.168. The molecule has 0 unspecified atom stereocenters. The second-order valence-corrected chi connectivity index (χ2v) is 6.31. The predicted molar refractivity (Wildman–Crippen MR) is 96.4 cm³/mol. The third-order valence-corrected chi connectivity index (χ3v) is 4.76. The minimum absolute atomic E-state index is 0.163. The summed E-state index contributed by atoms with van der Waals surface area (Å²) < 4.78 is 5.19. The Hall–Kier alpha value is -2.33. The van der Waals surface area contributed by atoms with Crippen molar-refractivity contribution >= 4 is 11.6 Å². The molecule has 3 rings (SSSR count). The van der Waals surface area contributed by atoms with Gasteiger partial charge >= 0.3 is 0 Å². The SMILES string of the molecule is COc1ccc(CN(C)[C@@H](C)C(=O)N2CCc3ccccc32)cc1. The summed E-state index contributed by atoms with van der Waals surface area (Å²) in [5.74, 6) is 1.01. The molecule has 4 heteroatoms. The van der Waals surface area contributed by atoms with Gasteiger partial charge in [0, 0.05) is 18.8 Å². The van der Waals surface area contributed by atoms with Crippen LogP contribution in [-0.4, -0.2) is 37.6 Å². The van der Waals surface area contributed by atoms with Gasteiger partial charge in [0.05, 0.1) is 13.2 Å². The van der Waals surface area contributed by atoms with Crippen molar-refractivity contribution in [2.24, 2.45) is 0 Å². The van der Waals surface area contributed by atoms with E-state index in [0.29, 0.717) is 0 Å². The van der Waals surface area contributed by atoms with Gasteiger partial charge in [0.15, 0.2) is 0 Å². The number of carbonyl (C=O) groups excluding carboxylic acids is 1. The third kappa shape index (κ3) is 3.29. The molecule has 1 amide bonds. The highest BCUT2D eigenvalue weighted by Crippen LogP contribution is 2.28. The lowest BCUT2D eigenvalue weighted by Gasteiger charge is -2.28. The predicted octanol–water partition coefficient (Wildman–Crippen LogP) is 3.10. The molecule has 1 aliphatic heterocycles. The summed E-state index contributed by atoms with van der Waals surface area (Å²) in [6.07, 6.45) is 0.941. The van der Waals surface area contributed by atoms with Gasteiger partial charge in [-0.1, -0.05) is 30.3 Å². The molecule has 0 N–H and O–H groups in total. The second-order valence-electron chi connectivity index (χ2n) is 6.31. The van der Waals surface area contributed by atoms with Crippen molar-refractivity contribution in [1.29, 1.82) is 0 Å². The fraction of sp³-hybridized carbons (Fsp3) is 0.350. The van der Waals surface area contributed by atoms with E-state index in [0.717, 1.165) is 30.9 Å². The lowest BCUT2D eigenvalue weighted by molar-refractivity contribution is -0.122. The van der Waals surface area contributed by atoms with Gasteiger partial charge in [0.2, 0.25) is 5.91 Å². The zero-order valence-corrected chi connectivity index (χ0v) is 14.5. The number of amides is 1. The molecule has 2 aromatic rings. The van der Waals surface area contributed by atoms with E-state index in [1.165, 1.54) is 11.1 Å². The average molecular weight is 324 g/mol. The Labute approximate surface area is 143 Å². The molecule has 1 atom stereocenters. The van der Waals surface area contributed by atoms with E-state index in [4.69, 9.17) is 4.74 Å². The molecular formula is C20H24N2O2. The summed E-state index contributed by atoms with van der Waals surface area (Å²) in [5.41, 5.74) is 3.49. The van der Waals surface area contributed by atoms with Crippen LogP contribution in [0.15, 0.2) is 48.5 Å². The van der Waals surface area contributed by atoms with E-state index in [1.807, 2.05) is 61.3 Å². The van der Waals surface area contributed by atoms with Crippen molar-refractivity contribution < 1.29 is 9.53 Å². The Morgan fingerprint density at radius 3 is 2.62 bits per heavy atom. The number of hydrogen-bond donors (Lipinski definition) is 0. The molecule has 24 heavy (non-hydrogen) atoms. The number of benzene rings is 2. The molecule has 0 saturated heterocycles. The summed E-state index contributed by atoms with van der Waals surface area (Å²) in [6, 6.07) is 16.0. The normalized spacial score (nSPS) is 14.6. The molecule has 1 aliphatic rings. The number of nitrogens with zero attached hydrogens (tertiary/aromatic N) is 2. The van der Waals surface area contributed by atoms with Gasteiger partial charge in [-0.25, -0.2) is 0 Å². The molecule has 2 aromatic carbocycles. The van der Waals surface area contributed by atoms with Crippen molar-refractivity contribution in [1.82, 2.24) is 4.90 Å². The maximum atomic E-state index is 12.9. The zero-order chi connectivity index (χ0) is 17.1. The van der Waals surface area contributed by atoms with Crippen molar-refractivity contribution in [3.63, 3.8) is 0 Å². The quantitative estimate of drug-likeness (QED) is 0.847. The highest BCUT2D eigenvalue weighted by atomic mass is 16.5. The molecular weight excluding hydrogens is 300 g/mol. The van der Waals surface area contributed by atoms with Gasteiger partial charge in [-0.3, -0.25) is 9.69 Å². The van der Waals surface area contributed by atoms with Crippen LogP contribution in [0.25, 0.3) is 0 Å². The van der Waals surface area contributed by atoms with Crippen LogP contribution in [-0.2, 0) is 17.8 Å². The molecule has 0 bridgehead atoms. The summed E-state index contributed by atoms with van der Waals surface area (Å²) in [5, 5.41) is 0. The Bertz CT molecular complexity index is 712. The van der Waals surface area contributed by atoms with E-state index < -0.39 is 0 Å². The first-order valence-corrected chi connectivity index (χ1v) is 8.32. The summed E-state index contributed by atoms with van der Waals surface area (Å²) in [6.45, 7) is 3.48. The molecule has 1 heterocycles. The minimum Gasteiger partial charge on any atom is -0.497 e. The van der Waals surface area contributed by atoms with Crippen LogP contribution in [0.1, 0.15) is 18.1 Å². The Kier molecular flexibility index (Phi) is 4.86. The summed E-state index contributed by atoms with van der Waals surface area (Å²) in [7, 11) is 3.66. The van der Waals surface area contributed by atoms with Gasteiger partial charge in [-0.05, 0) is 49.7 Å². The fourth-order valence-corrected chi connectivity index (χ4v) is 3.14. The standard InChI is InChI=1S/C20H24N2O2/c1-15(21(2)14-16-8-10-18(24-3)11-9-16)20(23)22-13-12-17-6-4-5-7-19(17)22/h4-11,15H,12-14H2,1-3H3/t15-/m0/s1. The van der Waals surface area contributed by atoms with Crippen LogP contribution in [0.5, 0.6) is 5.75 Å². The monoisotopic (exact) mass is 324 g/mol. The van der Waals surface area contributed by atoms with Crippen molar-refractivity contribution in [3.8, 4) is 5.75 Å². The van der Waals surface area contributed by atoms with Crippen LogP contribution in [0.4, 0.5) is 5.69 Å². The number of carbonyl (C=O) groups is 1. The largest absolute Gasteiger partial charge is 0.497 e. The molecule has 0 saturated carbocycles. The lowest BCUT2D eigenvalue weighted by Crippen LogP contribution is -2.44. The van der Waals surface area contributed by atoms with Crippen LogP contribution < -0.4 is 9.64 Å².